The topological polar surface area (TPSA) is 55.2 Å². The quantitative estimate of drug-likeness (QED) is 0.847. The maximum Gasteiger partial charge on any atom is 0.347 e. The van der Waals surface area contributed by atoms with E-state index in [2.05, 4.69) is 4.98 Å². The van der Waals surface area contributed by atoms with Crippen LogP contribution < -0.4 is 5.69 Å². The minimum atomic E-state index is -0.247. The smallest absolute Gasteiger partial charge is 0.342 e. The lowest BCUT2D eigenvalue weighted by atomic mass is 10.0. The highest BCUT2D eigenvalue weighted by molar-refractivity contribution is 5.78. The summed E-state index contributed by atoms with van der Waals surface area (Å²) in [5.74, 6) is 0.197. The number of piperidine rings is 1. The SMILES string of the molecule is O=C(Cc1ccc(C2CC2)c(F)c1)N1CCC(n2cccnc2=O)CC1. The molecule has 6 heteroatoms. The van der Waals surface area contributed by atoms with Gasteiger partial charge in [0, 0.05) is 31.5 Å². The standard InChI is InChI=1S/C20H22FN3O2/c21-18-12-14(2-5-17(18)15-3-4-15)13-19(25)23-10-6-16(7-11-23)24-9-1-8-22-20(24)26/h1-2,5,8-9,12,15-16H,3-4,6-7,10-11,13H2. The van der Waals surface area contributed by atoms with Crippen LogP contribution in [0.4, 0.5) is 4.39 Å². The van der Waals surface area contributed by atoms with Gasteiger partial charge in [-0.1, -0.05) is 12.1 Å². The predicted octanol–water partition coefficient (Wildman–Crippen LogP) is 2.67. The minimum Gasteiger partial charge on any atom is -0.342 e. The second kappa shape index (κ2) is 7.02. The maximum absolute atomic E-state index is 14.1. The van der Waals surface area contributed by atoms with Crippen molar-refractivity contribution >= 4 is 5.91 Å². The molecule has 1 saturated heterocycles. The summed E-state index contributed by atoms with van der Waals surface area (Å²) < 4.78 is 15.8. The number of likely N-dealkylation sites (tertiary alicyclic amines) is 1. The Hall–Kier alpha value is -2.50. The molecule has 1 amide bonds. The summed E-state index contributed by atoms with van der Waals surface area (Å²) in [7, 11) is 0. The van der Waals surface area contributed by atoms with Crippen molar-refractivity contribution in [1.82, 2.24) is 14.5 Å². The van der Waals surface area contributed by atoms with Crippen molar-refractivity contribution in [2.45, 2.75) is 44.1 Å². The number of rotatable bonds is 4. The zero-order valence-electron chi connectivity index (χ0n) is 14.6. The number of carbonyl (C=O) groups is 1. The first-order valence-electron chi connectivity index (χ1n) is 9.21. The fraction of sp³-hybridized carbons (Fsp3) is 0.450. The number of carbonyl (C=O) groups excluding carboxylic acids is 1. The molecule has 1 aromatic heterocycles. The first-order valence-corrected chi connectivity index (χ1v) is 9.21. The van der Waals surface area contributed by atoms with Crippen molar-refractivity contribution < 1.29 is 9.18 Å². The van der Waals surface area contributed by atoms with Gasteiger partial charge in [0.25, 0.3) is 0 Å². The minimum absolute atomic E-state index is 0.0144. The average molecular weight is 355 g/mol. The molecule has 0 spiro atoms. The molecule has 136 valence electrons. The molecular weight excluding hydrogens is 333 g/mol. The van der Waals surface area contributed by atoms with Gasteiger partial charge in [-0.05, 0) is 54.9 Å². The molecular formula is C20H22FN3O2. The number of hydrogen-bond acceptors (Lipinski definition) is 3. The first-order chi connectivity index (χ1) is 12.6. The van der Waals surface area contributed by atoms with E-state index in [1.54, 1.807) is 16.8 Å². The number of benzene rings is 1. The highest BCUT2D eigenvalue weighted by Crippen LogP contribution is 2.41. The van der Waals surface area contributed by atoms with Crippen LogP contribution in [0.25, 0.3) is 0 Å². The van der Waals surface area contributed by atoms with Crippen LogP contribution in [0.15, 0.2) is 41.5 Å². The predicted molar refractivity (Wildman–Crippen MR) is 95.4 cm³/mol. The molecule has 2 aromatic rings. The van der Waals surface area contributed by atoms with Crippen LogP contribution in [0.5, 0.6) is 0 Å². The summed E-state index contributed by atoms with van der Waals surface area (Å²) in [6, 6.07) is 7.04. The molecule has 5 nitrogen and oxygen atoms in total. The van der Waals surface area contributed by atoms with E-state index in [-0.39, 0.29) is 29.9 Å². The summed E-state index contributed by atoms with van der Waals surface area (Å²) >= 11 is 0. The van der Waals surface area contributed by atoms with Crippen LogP contribution in [-0.2, 0) is 11.2 Å². The largest absolute Gasteiger partial charge is 0.347 e. The molecule has 0 bridgehead atoms. The zero-order valence-corrected chi connectivity index (χ0v) is 14.6. The van der Waals surface area contributed by atoms with Crippen LogP contribution in [0.2, 0.25) is 0 Å². The normalized spacial score (nSPS) is 18.1. The van der Waals surface area contributed by atoms with Crippen molar-refractivity contribution in [2.75, 3.05) is 13.1 Å². The Kier molecular flexibility index (Phi) is 4.57. The summed E-state index contributed by atoms with van der Waals surface area (Å²) in [5, 5.41) is 0. The Balaban J connectivity index is 1.36. The van der Waals surface area contributed by atoms with Crippen molar-refractivity contribution in [2.24, 2.45) is 0 Å². The van der Waals surface area contributed by atoms with E-state index >= 15 is 0 Å². The van der Waals surface area contributed by atoms with Gasteiger partial charge < -0.3 is 4.90 Å². The van der Waals surface area contributed by atoms with E-state index in [0.717, 1.165) is 36.8 Å². The highest BCUT2D eigenvalue weighted by atomic mass is 19.1. The van der Waals surface area contributed by atoms with Gasteiger partial charge >= 0.3 is 5.69 Å². The van der Waals surface area contributed by atoms with Crippen LogP contribution >= 0.6 is 0 Å². The molecule has 0 radical (unpaired) electrons. The summed E-state index contributed by atoms with van der Waals surface area (Å²) in [4.78, 5) is 30.0. The number of aromatic nitrogens is 2. The third-order valence-electron chi connectivity index (χ3n) is 5.39. The van der Waals surface area contributed by atoms with Crippen molar-refractivity contribution in [3.63, 3.8) is 0 Å². The van der Waals surface area contributed by atoms with Crippen molar-refractivity contribution in [3.05, 3.63) is 64.1 Å². The van der Waals surface area contributed by atoms with Gasteiger partial charge in [0.1, 0.15) is 5.82 Å². The molecule has 1 aliphatic carbocycles. The van der Waals surface area contributed by atoms with E-state index in [1.165, 1.54) is 12.3 Å². The monoisotopic (exact) mass is 355 g/mol. The van der Waals surface area contributed by atoms with Crippen molar-refractivity contribution in [1.29, 1.82) is 0 Å². The molecule has 1 aliphatic heterocycles. The Labute approximate surface area is 151 Å². The summed E-state index contributed by atoms with van der Waals surface area (Å²) in [6.07, 6.45) is 7.04. The molecule has 2 heterocycles. The molecule has 1 saturated carbocycles. The molecule has 2 fully saturated rings. The number of halogens is 1. The molecule has 0 N–H and O–H groups in total. The maximum atomic E-state index is 14.1. The van der Waals surface area contributed by atoms with Gasteiger partial charge in [-0.2, -0.15) is 0 Å². The lowest BCUT2D eigenvalue weighted by Crippen LogP contribution is -2.41. The van der Waals surface area contributed by atoms with Gasteiger partial charge in [0.2, 0.25) is 5.91 Å². The molecule has 0 atom stereocenters. The Bertz CT molecular complexity index is 867. The van der Waals surface area contributed by atoms with E-state index in [1.807, 2.05) is 17.0 Å². The average Bonchev–Trinajstić information content (AvgIpc) is 3.47. The molecule has 1 aromatic carbocycles. The van der Waals surface area contributed by atoms with Gasteiger partial charge in [0.15, 0.2) is 0 Å². The third kappa shape index (κ3) is 3.54. The molecule has 0 unspecified atom stereocenters. The van der Waals surface area contributed by atoms with E-state index < -0.39 is 0 Å². The van der Waals surface area contributed by atoms with E-state index in [4.69, 9.17) is 0 Å². The fourth-order valence-corrected chi connectivity index (χ4v) is 3.73. The van der Waals surface area contributed by atoms with Crippen LogP contribution in [-0.4, -0.2) is 33.4 Å². The number of amides is 1. The lowest BCUT2D eigenvalue weighted by Gasteiger charge is -2.32. The summed E-state index contributed by atoms with van der Waals surface area (Å²) in [5.41, 5.74) is 1.26. The Morgan fingerprint density at radius 1 is 1.19 bits per heavy atom. The van der Waals surface area contributed by atoms with Gasteiger partial charge in [-0.25, -0.2) is 14.2 Å². The fourth-order valence-electron chi connectivity index (χ4n) is 3.73. The van der Waals surface area contributed by atoms with Crippen LogP contribution in [0.3, 0.4) is 0 Å². The summed E-state index contributed by atoms with van der Waals surface area (Å²) in [6.45, 7) is 1.21. The molecule has 26 heavy (non-hydrogen) atoms. The van der Waals surface area contributed by atoms with E-state index in [0.29, 0.717) is 19.0 Å². The number of nitrogens with zero attached hydrogens (tertiary/aromatic N) is 3. The zero-order chi connectivity index (χ0) is 18.1. The van der Waals surface area contributed by atoms with Gasteiger partial charge in [-0.3, -0.25) is 9.36 Å². The first kappa shape index (κ1) is 16.9. The third-order valence-corrected chi connectivity index (χ3v) is 5.39. The lowest BCUT2D eigenvalue weighted by molar-refractivity contribution is -0.131. The van der Waals surface area contributed by atoms with E-state index in [9.17, 15) is 14.0 Å². The molecule has 4 rings (SSSR count). The number of hydrogen-bond donors (Lipinski definition) is 0. The molecule has 2 aliphatic rings. The second-order valence-electron chi connectivity index (χ2n) is 7.23. The van der Waals surface area contributed by atoms with Gasteiger partial charge in [0.05, 0.1) is 6.42 Å². The highest BCUT2D eigenvalue weighted by Gasteiger charge is 2.27. The second-order valence-corrected chi connectivity index (χ2v) is 7.23. The Morgan fingerprint density at radius 2 is 1.96 bits per heavy atom. The Morgan fingerprint density at radius 3 is 2.62 bits per heavy atom. The van der Waals surface area contributed by atoms with Crippen LogP contribution in [0, 0.1) is 5.82 Å². The van der Waals surface area contributed by atoms with Crippen LogP contribution in [0.1, 0.15) is 48.8 Å². The van der Waals surface area contributed by atoms with Gasteiger partial charge in [-0.15, -0.1) is 0 Å². The van der Waals surface area contributed by atoms with Crippen molar-refractivity contribution in [3.8, 4) is 0 Å².